The number of aromatic nitrogens is 2. The quantitative estimate of drug-likeness (QED) is 0.878. The van der Waals surface area contributed by atoms with Gasteiger partial charge in [0.25, 0.3) is 0 Å². The minimum Gasteiger partial charge on any atom is -0.325 e. The standard InChI is InChI=1S/C15H26ClN3O/c1-7-10-13(16)11(19(8-2)18-10)9-12(20)14(3,4)15(5,6)17/h7-9,17H2,1-6H3. The topological polar surface area (TPSA) is 60.9 Å². The summed E-state index contributed by atoms with van der Waals surface area (Å²) in [7, 11) is 0. The van der Waals surface area contributed by atoms with Crippen LogP contribution in [-0.2, 0) is 24.2 Å². The minimum absolute atomic E-state index is 0.0872. The van der Waals surface area contributed by atoms with Gasteiger partial charge in [0.2, 0.25) is 0 Å². The van der Waals surface area contributed by atoms with Gasteiger partial charge in [-0.15, -0.1) is 0 Å². The lowest BCUT2D eigenvalue weighted by Crippen LogP contribution is -2.52. The van der Waals surface area contributed by atoms with Crippen LogP contribution in [0.4, 0.5) is 0 Å². The maximum absolute atomic E-state index is 12.6. The normalized spacial score (nSPS) is 12.8. The molecule has 0 saturated heterocycles. The molecule has 2 N–H and O–H groups in total. The summed E-state index contributed by atoms with van der Waals surface area (Å²) in [6.45, 7) is 12.2. The van der Waals surface area contributed by atoms with Crippen molar-refractivity contribution in [3.05, 3.63) is 16.4 Å². The highest BCUT2D eigenvalue weighted by molar-refractivity contribution is 6.32. The van der Waals surface area contributed by atoms with Crippen molar-refractivity contribution in [1.82, 2.24) is 9.78 Å². The first kappa shape index (κ1) is 17.2. The molecular weight excluding hydrogens is 274 g/mol. The van der Waals surface area contributed by atoms with E-state index in [4.69, 9.17) is 17.3 Å². The fraction of sp³-hybridized carbons (Fsp3) is 0.733. The van der Waals surface area contributed by atoms with Gasteiger partial charge in [-0.2, -0.15) is 5.10 Å². The first-order valence-electron chi connectivity index (χ1n) is 7.12. The summed E-state index contributed by atoms with van der Waals surface area (Å²) >= 11 is 6.35. The summed E-state index contributed by atoms with van der Waals surface area (Å²) in [5.74, 6) is 0.0872. The largest absolute Gasteiger partial charge is 0.325 e. The second-order valence-electron chi connectivity index (χ2n) is 6.32. The zero-order valence-electron chi connectivity index (χ0n) is 13.4. The summed E-state index contributed by atoms with van der Waals surface area (Å²) in [6.07, 6.45) is 1.03. The second kappa shape index (κ2) is 5.86. The number of nitrogens with zero attached hydrogens (tertiary/aromatic N) is 2. The number of hydrogen-bond acceptors (Lipinski definition) is 3. The maximum atomic E-state index is 12.6. The summed E-state index contributed by atoms with van der Waals surface area (Å²) in [5.41, 5.74) is 6.58. The van der Waals surface area contributed by atoms with E-state index < -0.39 is 11.0 Å². The molecule has 1 aromatic rings. The van der Waals surface area contributed by atoms with Crippen molar-refractivity contribution in [2.45, 2.75) is 66.5 Å². The Bertz CT molecular complexity index is 498. The first-order chi connectivity index (χ1) is 9.06. The van der Waals surface area contributed by atoms with E-state index in [1.54, 1.807) is 0 Å². The van der Waals surface area contributed by atoms with Crippen LogP contribution in [-0.4, -0.2) is 21.1 Å². The predicted molar refractivity (Wildman–Crippen MR) is 83.0 cm³/mol. The van der Waals surface area contributed by atoms with Crippen molar-refractivity contribution in [3.8, 4) is 0 Å². The van der Waals surface area contributed by atoms with Gasteiger partial charge in [-0.05, 0) is 27.2 Å². The number of rotatable bonds is 6. The van der Waals surface area contributed by atoms with Gasteiger partial charge in [-0.3, -0.25) is 9.48 Å². The Morgan fingerprint density at radius 2 is 1.85 bits per heavy atom. The Morgan fingerprint density at radius 1 is 1.30 bits per heavy atom. The Labute approximate surface area is 126 Å². The molecule has 0 aromatic carbocycles. The van der Waals surface area contributed by atoms with E-state index in [0.29, 0.717) is 11.6 Å². The van der Waals surface area contributed by atoms with Crippen LogP contribution in [0, 0.1) is 5.41 Å². The number of ketones is 1. The summed E-state index contributed by atoms with van der Waals surface area (Å²) in [4.78, 5) is 12.6. The molecule has 0 saturated carbocycles. The molecule has 0 amide bonds. The van der Waals surface area contributed by atoms with Crippen molar-refractivity contribution in [2.75, 3.05) is 0 Å². The molecule has 1 rings (SSSR count). The first-order valence-corrected chi connectivity index (χ1v) is 7.50. The lowest BCUT2D eigenvalue weighted by Gasteiger charge is -2.37. The highest BCUT2D eigenvalue weighted by atomic mass is 35.5. The Kier molecular flexibility index (Phi) is 5.03. The summed E-state index contributed by atoms with van der Waals surface area (Å²) < 4.78 is 1.82. The molecular formula is C15H26ClN3O. The van der Waals surface area contributed by atoms with Gasteiger partial charge >= 0.3 is 0 Å². The van der Waals surface area contributed by atoms with Gasteiger partial charge in [0, 0.05) is 17.5 Å². The van der Waals surface area contributed by atoms with Crippen LogP contribution in [0.25, 0.3) is 0 Å². The van der Waals surface area contributed by atoms with E-state index in [1.165, 1.54) is 0 Å². The number of carbonyl (C=O) groups excluding carboxylic acids is 1. The van der Waals surface area contributed by atoms with Crippen molar-refractivity contribution in [1.29, 1.82) is 0 Å². The van der Waals surface area contributed by atoms with Gasteiger partial charge in [0.05, 0.1) is 22.8 Å². The molecule has 0 radical (unpaired) electrons. The van der Waals surface area contributed by atoms with Crippen LogP contribution >= 0.6 is 11.6 Å². The molecule has 5 heteroatoms. The van der Waals surface area contributed by atoms with E-state index in [-0.39, 0.29) is 12.2 Å². The average Bonchev–Trinajstić information content (AvgIpc) is 2.64. The van der Waals surface area contributed by atoms with Crippen molar-refractivity contribution in [2.24, 2.45) is 11.1 Å². The van der Waals surface area contributed by atoms with Crippen LogP contribution in [0.3, 0.4) is 0 Å². The number of halogens is 1. The highest BCUT2D eigenvalue weighted by Crippen LogP contribution is 2.32. The lowest BCUT2D eigenvalue weighted by molar-refractivity contribution is -0.129. The third-order valence-corrected chi connectivity index (χ3v) is 4.77. The minimum atomic E-state index is -0.619. The summed E-state index contributed by atoms with van der Waals surface area (Å²) in [6, 6.07) is 0. The SMILES string of the molecule is CCc1nn(CC)c(CC(=O)C(C)(C)C(C)(C)N)c1Cl. The van der Waals surface area contributed by atoms with E-state index in [1.807, 2.05) is 46.2 Å². The number of hydrogen-bond donors (Lipinski definition) is 1. The van der Waals surface area contributed by atoms with Crippen LogP contribution in [0.15, 0.2) is 0 Å². The fourth-order valence-corrected chi connectivity index (χ4v) is 2.25. The molecule has 0 fully saturated rings. The molecule has 4 nitrogen and oxygen atoms in total. The fourth-order valence-electron chi connectivity index (χ4n) is 1.92. The Hall–Kier alpha value is -0.870. The Morgan fingerprint density at radius 3 is 2.25 bits per heavy atom. The zero-order valence-corrected chi connectivity index (χ0v) is 14.1. The van der Waals surface area contributed by atoms with Crippen LogP contribution in [0.2, 0.25) is 5.02 Å². The summed E-state index contributed by atoms with van der Waals surface area (Å²) in [5, 5.41) is 5.06. The van der Waals surface area contributed by atoms with Gasteiger partial charge < -0.3 is 5.73 Å². The molecule has 114 valence electrons. The van der Waals surface area contributed by atoms with Crippen LogP contribution in [0.1, 0.15) is 52.9 Å². The van der Waals surface area contributed by atoms with Crippen LogP contribution < -0.4 is 5.73 Å². The Balaban J connectivity index is 3.11. The van der Waals surface area contributed by atoms with Gasteiger partial charge in [0.1, 0.15) is 5.78 Å². The van der Waals surface area contributed by atoms with Gasteiger partial charge in [-0.1, -0.05) is 32.4 Å². The average molecular weight is 300 g/mol. The number of Topliss-reactive ketones (excluding diaryl/α,β-unsaturated/α-hetero) is 1. The molecule has 0 aliphatic carbocycles. The van der Waals surface area contributed by atoms with E-state index >= 15 is 0 Å². The predicted octanol–water partition coefficient (Wildman–Crippen LogP) is 2.99. The van der Waals surface area contributed by atoms with Crippen molar-refractivity contribution >= 4 is 17.4 Å². The molecule has 0 spiro atoms. The molecule has 20 heavy (non-hydrogen) atoms. The highest BCUT2D eigenvalue weighted by Gasteiger charge is 2.40. The third kappa shape index (κ3) is 3.07. The smallest absolute Gasteiger partial charge is 0.146 e. The monoisotopic (exact) mass is 299 g/mol. The van der Waals surface area contributed by atoms with Crippen molar-refractivity contribution < 1.29 is 4.79 Å². The van der Waals surface area contributed by atoms with E-state index in [2.05, 4.69) is 5.10 Å². The van der Waals surface area contributed by atoms with Crippen molar-refractivity contribution in [3.63, 3.8) is 0 Å². The van der Waals surface area contributed by atoms with Crippen LogP contribution in [0.5, 0.6) is 0 Å². The maximum Gasteiger partial charge on any atom is 0.146 e. The molecule has 0 atom stereocenters. The zero-order chi connectivity index (χ0) is 15.7. The van der Waals surface area contributed by atoms with E-state index in [0.717, 1.165) is 17.8 Å². The lowest BCUT2D eigenvalue weighted by atomic mass is 9.71. The molecule has 1 heterocycles. The third-order valence-electron chi connectivity index (χ3n) is 4.33. The molecule has 0 aliphatic rings. The molecule has 0 unspecified atom stereocenters. The molecule has 0 aliphatic heterocycles. The van der Waals surface area contributed by atoms with Gasteiger partial charge in [-0.25, -0.2) is 0 Å². The second-order valence-corrected chi connectivity index (χ2v) is 6.70. The van der Waals surface area contributed by atoms with Gasteiger partial charge in [0.15, 0.2) is 0 Å². The number of aryl methyl sites for hydroxylation is 2. The van der Waals surface area contributed by atoms with E-state index in [9.17, 15) is 4.79 Å². The number of nitrogens with two attached hydrogens (primary N) is 1. The molecule has 1 aromatic heterocycles. The molecule has 0 bridgehead atoms. The number of carbonyl (C=O) groups is 1.